The Hall–Kier alpha value is -1.46. The molecule has 1 rings (SSSR count). The number of hydrogen-bond acceptors (Lipinski definition) is 2. The molecule has 15 heavy (non-hydrogen) atoms. The number of alkyl halides is 3. The number of rotatable bonds is 2. The Morgan fingerprint density at radius 1 is 1.33 bits per heavy atom. The molecule has 2 N–H and O–H groups in total. The fraction of sp³-hybridized carbons (Fsp3) is 0.333. The summed E-state index contributed by atoms with van der Waals surface area (Å²) < 4.78 is 53.7. The van der Waals surface area contributed by atoms with Gasteiger partial charge in [-0.25, -0.2) is 4.39 Å². The Morgan fingerprint density at radius 2 is 1.93 bits per heavy atom. The number of nitrogen functional groups attached to an aromatic ring is 1. The first-order valence-electron chi connectivity index (χ1n) is 4.09. The van der Waals surface area contributed by atoms with Gasteiger partial charge in [-0.15, -0.1) is 0 Å². The molecular formula is C9H9F4NO. The van der Waals surface area contributed by atoms with Crippen LogP contribution >= 0.6 is 0 Å². The van der Waals surface area contributed by atoms with Crippen LogP contribution in [0.2, 0.25) is 0 Å². The number of ether oxygens (including phenoxy) is 1. The average Bonchev–Trinajstić information content (AvgIpc) is 2.08. The van der Waals surface area contributed by atoms with Crippen LogP contribution in [0.4, 0.5) is 23.2 Å². The molecule has 6 heteroatoms. The third kappa shape index (κ3) is 3.00. The molecule has 0 bridgehead atoms. The molecule has 0 aliphatic carbocycles. The summed E-state index contributed by atoms with van der Waals surface area (Å²) in [7, 11) is 0. The van der Waals surface area contributed by atoms with Crippen molar-refractivity contribution in [2.75, 3.05) is 5.73 Å². The van der Waals surface area contributed by atoms with Crippen molar-refractivity contribution in [3.05, 3.63) is 24.0 Å². The largest absolute Gasteiger partial charge is 0.478 e. The lowest BCUT2D eigenvalue weighted by Gasteiger charge is -2.17. The monoisotopic (exact) mass is 223 g/mol. The zero-order valence-corrected chi connectivity index (χ0v) is 7.81. The Labute approximate surface area is 83.6 Å². The standard InChI is InChI=1S/C9H9F4NO/c1-5(9(11,12)13)15-8-3-2-6(14)4-7(8)10/h2-5H,14H2,1H3. The van der Waals surface area contributed by atoms with E-state index in [9.17, 15) is 17.6 Å². The van der Waals surface area contributed by atoms with E-state index < -0.39 is 23.8 Å². The Morgan fingerprint density at radius 3 is 2.40 bits per heavy atom. The molecule has 0 aromatic heterocycles. The van der Waals surface area contributed by atoms with Crippen molar-refractivity contribution in [3.63, 3.8) is 0 Å². The molecule has 2 nitrogen and oxygen atoms in total. The van der Waals surface area contributed by atoms with E-state index in [1.54, 1.807) is 0 Å². The smallest absolute Gasteiger partial charge is 0.425 e. The maximum atomic E-state index is 13.0. The van der Waals surface area contributed by atoms with Crippen molar-refractivity contribution in [1.82, 2.24) is 0 Å². The fourth-order valence-electron chi connectivity index (χ4n) is 0.870. The van der Waals surface area contributed by atoms with Crippen LogP contribution in [0.5, 0.6) is 5.75 Å². The van der Waals surface area contributed by atoms with Crippen molar-refractivity contribution in [2.45, 2.75) is 19.2 Å². The van der Waals surface area contributed by atoms with Gasteiger partial charge < -0.3 is 10.5 Å². The van der Waals surface area contributed by atoms with E-state index in [4.69, 9.17) is 5.73 Å². The third-order valence-electron chi connectivity index (χ3n) is 1.72. The molecule has 1 unspecified atom stereocenters. The van der Waals surface area contributed by atoms with E-state index in [-0.39, 0.29) is 5.69 Å². The topological polar surface area (TPSA) is 35.2 Å². The summed E-state index contributed by atoms with van der Waals surface area (Å²) in [6.07, 6.45) is -6.58. The zero-order valence-electron chi connectivity index (χ0n) is 7.81. The summed E-state index contributed by atoms with van der Waals surface area (Å²) in [4.78, 5) is 0. The number of benzene rings is 1. The highest BCUT2D eigenvalue weighted by Crippen LogP contribution is 2.27. The number of hydrogen-bond donors (Lipinski definition) is 1. The van der Waals surface area contributed by atoms with Gasteiger partial charge in [-0.05, 0) is 19.1 Å². The number of anilines is 1. The van der Waals surface area contributed by atoms with Crippen molar-refractivity contribution < 1.29 is 22.3 Å². The second-order valence-corrected chi connectivity index (χ2v) is 2.99. The normalized spacial score (nSPS) is 13.7. The van der Waals surface area contributed by atoms with Crippen molar-refractivity contribution in [3.8, 4) is 5.75 Å². The third-order valence-corrected chi connectivity index (χ3v) is 1.72. The quantitative estimate of drug-likeness (QED) is 0.618. The van der Waals surface area contributed by atoms with E-state index in [0.717, 1.165) is 19.1 Å². The molecule has 1 aromatic carbocycles. The summed E-state index contributed by atoms with van der Waals surface area (Å²) in [5.41, 5.74) is 5.35. The molecule has 0 spiro atoms. The van der Waals surface area contributed by atoms with Gasteiger partial charge in [0, 0.05) is 11.8 Å². The first kappa shape index (κ1) is 11.6. The summed E-state index contributed by atoms with van der Waals surface area (Å²) in [6.45, 7) is 0.801. The van der Waals surface area contributed by atoms with Crippen molar-refractivity contribution in [1.29, 1.82) is 0 Å². The maximum Gasteiger partial charge on any atom is 0.425 e. The molecule has 0 saturated heterocycles. The van der Waals surface area contributed by atoms with Crippen LogP contribution in [0, 0.1) is 5.82 Å². The molecule has 0 aliphatic heterocycles. The maximum absolute atomic E-state index is 13.0. The Bertz CT molecular complexity index is 350. The van der Waals surface area contributed by atoms with Gasteiger partial charge in [0.1, 0.15) is 0 Å². The Kier molecular flexibility index (Phi) is 3.06. The van der Waals surface area contributed by atoms with Crippen LogP contribution in [0.1, 0.15) is 6.92 Å². The van der Waals surface area contributed by atoms with Crippen LogP contribution in [0.3, 0.4) is 0 Å². The van der Waals surface area contributed by atoms with Gasteiger partial charge in [0.15, 0.2) is 17.7 Å². The molecule has 0 fully saturated rings. The van der Waals surface area contributed by atoms with Crippen LogP contribution in [-0.4, -0.2) is 12.3 Å². The fourth-order valence-corrected chi connectivity index (χ4v) is 0.870. The number of nitrogens with two attached hydrogens (primary N) is 1. The first-order valence-corrected chi connectivity index (χ1v) is 4.09. The molecular weight excluding hydrogens is 214 g/mol. The highest BCUT2D eigenvalue weighted by atomic mass is 19.4. The minimum Gasteiger partial charge on any atom is -0.478 e. The summed E-state index contributed by atoms with van der Waals surface area (Å²) in [6, 6.07) is 3.23. The highest BCUT2D eigenvalue weighted by Gasteiger charge is 2.38. The van der Waals surface area contributed by atoms with Gasteiger partial charge in [0.2, 0.25) is 0 Å². The second-order valence-electron chi connectivity index (χ2n) is 2.99. The molecule has 0 aliphatic rings. The van der Waals surface area contributed by atoms with Crippen LogP contribution in [0.25, 0.3) is 0 Å². The molecule has 84 valence electrons. The predicted octanol–water partition coefficient (Wildman–Crippen LogP) is 2.74. The van der Waals surface area contributed by atoms with Gasteiger partial charge >= 0.3 is 6.18 Å². The summed E-state index contributed by atoms with van der Waals surface area (Å²) in [5, 5.41) is 0. The van der Waals surface area contributed by atoms with Crippen molar-refractivity contribution >= 4 is 5.69 Å². The van der Waals surface area contributed by atoms with E-state index in [0.29, 0.717) is 0 Å². The lowest BCUT2D eigenvalue weighted by molar-refractivity contribution is -0.189. The van der Waals surface area contributed by atoms with E-state index in [2.05, 4.69) is 4.74 Å². The highest BCUT2D eigenvalue weighted by molar-refractivity contribution is 5.42. The van der Waals surface area contributed by atoms with Crippen LogP contribution < -0.4 is 10.5 Å². The lowest BCUT2D eigenvalue weighted by Crippen LogP contribution is -2.31. The molecule has 1 aromatic rings. The van der Waals surface area contributed by atoms with Gasteiger partial charge in [0.25, 0.3) is 0 Å². The Balaban J connectivity index is 2.82. The first-order chi connectivity index (χ1) is 6.80. The predicted molar refractivity (Wildman–Crippen MR) is 47.0 cm³/mol. The van der Waals surface area contributed by atoms with Gasteiger partial charge in [-0.3, -0.25) is 0 Å². The molecule has 0 radical (unpaired) electrons. The van der Waals surface area contributed by atoms with Crippen LogP contribution in [-0.2, 0) is 0 Å². The number of halogens is 4. The molecule has 0 heterocycles. The second kappa shape index (κ2) is 3.96. The van der Waals surface area contributed by atoms with Gasteiger partial charge in [0.05, 0.1) is 0 Å². The van der Waals surface area contributed by atoms with Crippen LogP contribution in [0.15, 0.2) is 18.2 Å². The SMILES string of the molecule is CC(Oc1ccc(N)cc1F)C(F)(F)F. The van der Waals surface area contributed by atoms with E-state index in [1.807, 2.05) is 0 Å². The van der Waals surface area contributed by atoms with Crippen molar-refractivity contribution in [2.24, 2.45) is 0 Å². The summed E-state index contributed by atoms with van der Waals surface area (Å²) in [5.74, 6) is -1.37. The van der Waals surface area contributed by atoms with Gasteiger partial charge in [-0.1, -0.05) is 0 Å². The molecule has 0 saturated carbocycles. The molecule has 1 atom stereocenters. The average molecular weight is 223 g/mol. The minimum absolute atomic E-state index is 0.125. The lowest BCUT2D eigenvalue weighted by atomic mass is 10.3. The van der Waals surface area contributed by atoms with Gasteiger partial charge in [-0.2, -0.15) is 13.2 Å². The zero-order chi connectivity index (χ0) is 11.6. The van der Waals surface area contributed by atoms with E-state index >= 15 is 0 Å². The minimum atomic E-state index is -4.52. The summed E-state index contributed by atoms with van der Waals surface area (Å²) >= 11 is 0. The van der Waals surface area contributed by atoms with E-state index in [1.165, 1.54) is 6.07 Å². The molecule has 0 amide bonds.